The molecule has 2 amide bonds. The summed E-state index contributed by atoms with van der Waals surface area (Å²) in [7, 11) is 0. The van der Waals surface area contributed by atoms with Crippen LogP contribution in [0.25, 0.3) is 0 Å². The Kier molecular flexibility index (Phi) is 5.33. The average molecular weight is 337 g/mol. The Hall–Kier alpha value is -1.30. The molecular weight excluding hydrogens is 306 g/mol. The van der Waals surface area contributed by atoms with E-state index in [4.69, 9.17) is 5.11 Å². The van der Waals surface area contributed by atoms with Gasteiger partial charge in [0.1, 0.15) is 0 Å². The third kappa shape index (κ3) is 4.02. The number of amides is 2. The van der Waals surface area contributed by atoms with Gasteiger partial charge in [0, 0.05) is 30.6 Å². The molecule has 1 saturated carbocycles. The monoisotopic (exact) mass is 337 g/mol. The molecule has 24 heavy (non-hydrogen) atoms. The van der Waals surface area contributed by atoms with Gasteiger partial charge in [0.25, 0.3) is 0 Å². The number of piperidine rings is 1. The number of hydrogen-bond acceptors (Lipinski definition) is 3. The van der Waals surface area contributed by atoms with Crippen LogP contribution in [0.5, 0.6) is 0 Å². The van der Waals surface area contributed by atoms with Crippen LogP contribution in [0.15, 0.2) is 0 Å². The molecule has 136 valence electrons. The summed E-state index contributed by atoms with van der Waals surface area (Å²) < 4.78 is 0. The smallest absolute Gasteiger partial charge is 0.407 e. The van der Waals surface area contributed by atoms with Gasteiger partial charge >= 0.3 is 6.09 Å². The van der Waals surface area contributed by atoms with Crippen LogP contribution in [0.4, 0.5) is 4.79 Å². The number of hydrogen-bond donors (Lipinski definition) is 2. The zero-order valence-corrected chi connectivity index (χ0v) is 14.8. The minimum absolute atomic E-state index is 0.0514. The van der Waals surface area contributed by atoms with Crippen molar-refractivity contribution < 1.29 is 14.7 Å². The van der Waals surface area contributed by atoms with E-state index in [0.29, 0.717) is 19.1 Å². The second-order valence-electron chi connectivity index (χ2n) is 8.07. The molecule has 0 bridgehead atoms. The lowest BCUT2D eigenvalue weighted by Gasteiger charge is -2.42. The summed E-state index contributed by atoms with van der Waals surface area (Å²) in [6.07, 6.45) is 7.44. The minimum atomic E-state index is -0.796. The second kappa shape index (κ2) is 7.30. The van der Waals surface area contributed by atoms with E-state index in [1.54, 1.807) is 4.90 Å². The Labute approximate surface area is 144 Å². The first kappa shape index (κ1) is 17.5. The van der Waals surface area contributed by atoms with Crippen LogP contribution in [0, 0.1) is 5.92 Å². The third-order valence-corrected chi connectivity index (χ3v) is 6.27. The highest BCUT2D eigenvalue weighted by atomic mass is 16.4. The molecule has 1 atom stereocenters. The summed E-state index contributed by atoms with van der Waals surface area (Å²) in [6, 6.07) is 0.475. The van der Waals surface area contributed by atoms with Gasteiger partial charge in [-0.25, -0.2) is 4.79 Å². The van der Waals surface area contributed by atoms with Gasteiger partial charge in [0.2, 0.25) is 5.91 Å². The molecule has 2 N–H and O–H groups in total. The third-order valence-electron chi connectivity index (χ3n) is 6.27. The first-order chi connectivity index (χ1) is 11.5. The molecule has 0 aromatic heterocycles. The van der Waals surface area contributed by atoms with Gasteiger partial charge in [-0.1, -0.05) is 0 Å². The molecule has 2 heterocycles. The van der Waals surface area contributed by atoms with Gasteiger partial charge < -0.3 is 20.2 Å². The number of nitrogens with zero attached hydrogens (tertiary/aromatic N) is 2. The largest absolute Gasteiger partial charge is 0.465 e. The maximum Gasteiger partial charge on any atom is 0.407 e. The van der Waals surface area contributed by atoms with E-state index in [1.807, 2.05) is 0 Å². The molecule has 0 aromatic carbocycles. The predicted octanol–water partition coefficient (Wildman–Crippen LogP) is 2.29. The van der Waals surface area contributed by atoms with Crippen LogP contribution in [0.1, 0.15) is 58.3 Å². The minimum Gasteiger partial charge on any atom is -0.465 e. The Morgan fingerprint density at radius 1 is 1.00 bits per heavy atom. The first-order valence-corrected chi connectivity index (χ1v) is 9.51. The number of carbonyl (C=O) groups excluding carboxylic acids is 1. The van der Waals surface area contributed by atoms with Crippen molar-refractivity contribution >= 4 is 12.0 Å². The Morgan fingerprint density at radius 3 is 2.29 bits per heavy atom. The maximum atomic E-state index is 12.5. The van der Waals surface area contributed by atoms with Gasteiger partial charge in [-0.2, -0.15) is 0 Å². The number of rotatable bonds is 3. The van der Waals surface area contributed by atoms with E-state index in [2.05, 4.69) is 17.1 Å². The van der Waals surface area contributed by atoms with Crippen molar-refractivity contribution in [1.29, 1.82) is 0 Å². The molecule has 3 rings (SSSR count). The fourth-order valence-corrected chi connectivity index (χ4v) is 4.39. The van der Waals surface area contributed by atoms with Gasteiger partial charge in [-0.15, -0.1) is 0 Å². The van der Waals surface area contributed by atoms with E-state index in [0.717, 1.165) is 58.0 Å². The number of nitrogens with one attached hydrogen (secondary N) is 1. The van der Waals surface area contributed by atoms with Crippen molar-refractivity contribution in [3.63, 3.8) is 0 Å². The highest BCUT2D eigenvalue weighted by Gasteiger charge is 2.36. The molecular formula is C18H31N3O3. The van der Waals surface area contributed by atoms with Crippen molar-refractivity contribution in [2.24, 2.45) is 5.92 Å². The lowest BCUT2D eigenvalue weighted by atomic mass is 9.78. The van der Waals surface area contributed by atoms with Crippen molar-refractivity contribution in [1.82, 2.24) is 15.1 Å². The van der Waals surface area contributed by atoms with Gasteiger partial charge in [0.15, 0.2) is 0 Å². The molecule has 0 spiro atoms. The Bertz CT molecular complexity index is 470. The molecule has 0 aromatic rings. The lowest BCUT2D eigenvalue weighted by molar-refractivity contribution is -0.129. The molecule has 0 radical (unpaired) electrons. The van der Waals surface area contributed by atoms with E-state index < -0.39 is 6.09 Å². The van der Waals surface area contributed by atoms with Crippen LogP contribution >= 0.6 is 0 Å². The average Bonchev–Trinajstić information content (AvgIpc) is 2.79. The SMILES string of the molecule is CC1(NC(=O)C2CCN([C@@H]3CCCN(C(=O)O)CC3)CC2)CCC1. The summed E-state index contributed by atoms with van der Waals surface area (Å²) in [5.74, 6) is 0.398. The Balaban J connectivity index is 1.44. The van der Waals surface area contributed by atoms with Crippen LogP contribution < -0.4 is 5.32 Å². The van der Waals surface area contributed by atoms with Crippen molar-refractivity contribution in [2.45, 2.75) is 69.9 Å². The lowest BCUT2D eigenvalue weighted by Crippen LogP contribution is -2.54. The van der Waals surface area contributed by atoms with Gasteiger partial charge in [-0.3, -0.25) is 4.79 Å². The fraction of sp³-hybridized carbons (Fsp3) is 0.889. The van der Waals surface area contributed by atoms with Crippen LogP contribution in [0.2, 0.25) is 0 Å². The van der Waals surface area contributed by atoms with Gasteiger partial charge in [-0.05, 0) is 71.4 Å². The molecule has 0 unspecified atom stereocenters. The predicted molar refractivity (Wildman–Crippen MR) is 91.9 cm³/mol. The van der Waals surface area contributed by atoms with E-state index in [1.165, 1.54) is 6.42 Å². The normalized spacial score (nSPS) is 28.7. The quantitative estimate of drug-likeness (QED) is 0.829. The maximum absolute atomic E-state index is 12.5. The topological polar surface area (TPSA) is 72.9 Å². The molecule has 2 aliphatic heterocycles. The standard InChI is InChI=1S/C18H31N3O3/c1-18(8-3-9-18)19-16(22)14-5-11-20(12-6-14)15-4-2-10-21(13-7-15)17(23)24/h14-15H,2-13H2,1H3,(H,19,22)(H,23,24)/t15-/m1/s1. The highest BCUT2D eigenvalue weighted by molar-refractivity contribution is 5.79. The van der Waals surface area contributed by atoms with Crippen molar-refractivity contribution in [3.8, 4) is 0 Å². The number of likely N-dealkylation sites (tertiary alicyclic amines) is 2. The molecule has 2 saturated heterocycles. The molecule has 3 aliphatic rings. The van der Waals surface area contributed by atoms with Gasteiger partial charge in [0.05, 0.1) is 0 Å². The van der Waals surface area contributed by atoms with Crippen LogP contribution in [0.3, 0.4) is 0 Å². The molecule has 1 aliphatic carbocycles. The summed E-state index contributed by atoms with van der Waals surface area (Å²) in [4.78, 5) is 27.6. The van der Waals surface area contributed by atoms with Crippen molar-refractivity contribution in [2.75, 3.05) is 26.2 Å². The summed E-state index contributed by atoms with van der Waals surface area (Å²) >= 11 is 0. The summed E-state index contributed by atoms with van der Waals surface area (Å²) in [5, 5.41) is 12.4. The molecule has 3 fully saturated rings. The second-order valence-corrected chi connectivity index (χ2v) is 8.07. The van der Waals surface area contributed by atoms with Crippen molar-refractivity contribution in [3.05, 3.63) is 0 Å². The van der Waals surface area contributed by atoms with Crippen LogP contribution in [-0.2, 0) is 4.79 Å². The summed E-state index contributed by atoms with van der Waals surface area (Å²) in [5.41, 5.74) is 0.0514. The molecule has 6 heteroatoms. The number of carboxylic acid groups (broad SMARTS) is 1. The van der Waals surface area contributed by atoms with E-state index in [-0.39, 0.29) is 17.4 Å². The van der Waals surface area contributed by atoms with E-state index in [9.17, 15) is 9.59 Å². The van der Waals surface area contributed by atoms with E-state index >= 15 is 0 Å². The molecule has 6 nitrogen and oxygen atoms in total. The zero-order valence-electron chi connectivity index (χ0n) is 14.8. The summed E-state index contributed by atoms with van der Waals surface area (Å²) in [6.45, 7) is 5.38. The Morgan fingerprint density at radius 2 is 1.71 bits per heavy atom. The number of carbonyl (C=O) groups is 2. The zero-order chi connectivity index (χ0) is 17.2. The van der Waals surface area contributed by atoms with Crippen LogP contribution in [-0.4, -0.2) is 64.7 Å². The highest BCUT2D eigenvalue weighted by Crippen LogP contribution is 2.32. The first-order valence-electron chi connectivity index (χ1n) is 9.51. The fourth-order valence-electron chi connectivity index (χ4n) is 4.39.